The first-order valence-corrected chi connectivity index (χ1v) is 10.0. The smallest absolute Gasteiger partial charge is 0.184 e. The van der Waals surface area contributed by atoms with Crippen molar-refractivity contribution in [2.45, 2.75) is 42.1 Å². The Morgan fingerprint density at radius 1 is 1.15 bits per heavy atom. The van der Waals surface area contributed by atoms with Gasteiger partial charge in [0.15, 0.2) is 11.5 Å². The molecular weight excluding hydrogens is 367 g/mol. The Morgan fingerprint density at radius 2 is 1.85 bits per heavy atom. The number of benzene rings is 1. The van der Waals surface area contributed by atoms with Crippen LogP contribution in [0.4, 0.5) is 4.39 Å². The summed E-state index contributed by atoms with van der Waals surface area (Å²) < 4.78 is 24.2. The van der Waals surface area contributed by atoms with Crippen LogP contribution in [-0.4, -0.2) is 86.0 Å². The maximum atomic E-state index is 13.1. The molecule has 0 spiro atoms. The number of ether oxygens (including phenoxy) is 2. The van der Waals surface area contributed by atoms with Crippen molar-refractivity contribution in [1.82, 2.24) is 0 Å². The fourth-order valence-electron chi connectivity index (χ4n) is 3.30. The van der Waals surface area contributed by atoms with Gasteiger partial charge in [0.25, 0.3) is 0 Å². The van der Waals surface area contributed by atoms with Gasteiger partial charge in [-0.15, -0.1) is 0 Å². The van der Waals surface area contributed by atoms with Gasteiger partial charge >= 0.3 is 0 Å². The molecule has 2 unspecified atom stereocenters. The van der Waals surface area contributed by atoms with Crippen LogP contribution in [0.2, 0.25) is 0 Å². The highest BCUT2D eigenvalue weighted by molar-refractivity contribution is 7.97. The first-order chi connectivity index (χ1) is 12.4. The van der Waals surface area contributed by atoms with E-state index in [4.69, 9.17) is 9.47 Å². The number of halogens is 1. The van der Waals surface area contributed by atoms with Crippen LogP contribution in [0.3, 0.4) is 0 Å². The predicted octanol–water partition coefficient (Wildman–Crippen LogP) is -1.32. The second kappa shape index (κ2) is 8.49. The highest BCUT2D eigenvalue weighted by Crippen LogP contribution is 2.30. The summed E-state index contributed by atoms with van der Waals surface area (Å²) in [5, 5.41) is 49.3. The molecule has 9 heteroatoms. The van der Waals surface area contributed by atoms with Crippen LogP contribution in [-0.2, 0) is 20.4 Å². The van der Waals surface area contributed by atoms with Gasteiger partial charge in [-0.05, 0) is 12.1 Å². The zero-order valence-corrected chi connectivity index (χ0v) is 14.8. The van der Waals surface area contributed by atoms with Gasteiger partial charge < -0.3 is 35.0 Å². The number of aliphatic hydroxyl groups is 5. The van der Waals surface area contributed by atoms with Crippen molar-refractivity contribution in [2.75, 3.05) is 24.7 Å². The van der Waals surface area contributed by atoms with E-state index in [9.17, 15) is 29.9 Å². The number of hydrogen-bond donors (Lipinski definition) is 5. The maximum absolute atomic E-state index is 13.1. The summed E-state index contributed by atoms with van der Waals surface area (Å²) in [6, 6.07) is 5.56. The lowest BCUT2D eigenvalue weighted by atomic mass is 10.1. The van der Waals surface area contributed by atoms with Crippen molar-refractivity contribution in [1.29, 1.82) is 0 Å². The Labute approximate surface area is 153 Å². The Morgan fingerprint density at radius 3 is 2.50 bits per heavy atom. The van der Waals surface area contributed by atoms with Gasteiger partial charge in [-0.25, -0.2) is 4.39 Å². The van der Waals surface area contributed by atoms with Crippen molar-refractivity contribution in [2.24, 2.45) is 0 Å². The molecule has 26 heavy (non-hydrogen) atoms. The average molecular weight is 391 g/mol. The molecule has 2 aliphatic rings. The van der Waals surface area contributed by atoms with Crippen LogP contribution >= 0.6 is 0 Å². The first kappa shape index (κ1) is 20.0. The zero-order valence-electron chi connectivity index (χ0n) is 14.0. The van der Waals surface area contributed by atoms with E-state index in [-0.39, 0.29) is 24.7 Å². The fourth-order valence-corrected chi connectivity index (χ4v) is 5.98. The van der Waals surface area contributed by atoms with Crippen molar-refractivity contribution >= 4 is 10.9 Å². The number of aliphatic hydroxyl groups excluding tert-OH is 5. The second-order valence-corrected chi connectivity index (χ2v) is 8.95. The number of hydrogen-bond acceptors (Lipinski definition) is 7. The average Bonchev–Trinajstić information content (AvgIpc) is 2.89. The van der Waals surface area contributed by atoms with Gasteiger partial charge in [-0.2, -0.15) is 0 Å². The minimum absolute atomic E-state index is 0.0494. The molecular formula is C17H24FO7S+. The van der Waals surface area contributed by atoms with Crippen molar-refractivity contribution in [3.05, 3.63) is 35.6 Å². The summed E-state index contributed by atoms with van der Waals surface area (Å²) in [4.78, 5) is 0. The van der Waals surface area contributed by atoms with Crippen LogP contribution < -0.4 is 0 Å². The van der Waals surface area contributed by atoms with E-state index in [1.807, 2.05) is 0 Å². The molecule has 3 rings (SSSR count). The highest BCUT2D eigenvalue weighted by Gasteiger charge is 2.51. The summed E-state index contributed by atoms with van der Waals surface area (Å²) in [5.74, 6) is 0.0669. The van der Waals surface area contributed by atoms with Crippen molar-refractivity contribution in [3.8, 4) is 0 Å². The normalized spacial score (nSPS) is 39.1. The summed E-state index contributed by atoms with van der Waals surface area (Å²) in [5.41, 5.74) is 0.567. The molecule has 0 amide bonds. The van der Waals surface area contributed by atoms with Crippen LogP contribution in [0.25, 0.3) is 0 Å². The Kier molecular flexibility index (Phi) is 6.52. The van der Waals surface area contributed by atoms with E-state index in [1.165, 1.54) is 24.3 Å². The van der Waals surface area contributed by atoms with E-state index >= 15 is 0 Å². The summed E-state index contributed by atoms with van der Waals surface area (Å²) in [7, 11) is -0.612. The van der Waals surface area contributed by atoms with Gasteiger partial charge in [0.05, 0.1) is 13.2 Å². The van der Waals surface area contributed by atoms with E-state index in [0.29, 0.717) is 5.56 Å². The summed E-state index contributed by atoms with van der Waals surface area (Å²) in [6.45, 7) is -0.338. The summed E-state index contributed by atoms with van der Waals surface area (Å²) >= 11 is 0. The SMILES string of the molecule is OC[C@@H]1[C@@H](O)[C@H](O)C[S+]1C[C@@H](O)[C@H]1OC(c2ccc(F)cc2)OC[C@H]1O. The van der Waals surface area contributed by atoms with Gasteiger partial charge in [0.1, 0.15) is 47.8 Å². The molecule has 1 aromatic rings. The highest BCUT2D eigenvalue weighted by atomic mass is 32.2. The molecule has 7 nitrogen and oxygen atoms in total. The van der Waals surface area contributed by atoms with Crippen LogP contribution in [0.1, 0.15) is 11.9 Å². The minimum Gasteiger partial charge on any atom is -0.391 e. The number of rotatable bonds is 5. The molecule has 5 N–H and O–H groups in total. The third-order valence-electron chi connectivity index (χ3n) is 4.75. The Bertz CT molecular complexity index is 589. The van der Waals surface area contributed by atoms with Crippen molar-refractivity contribution in [3.63, 3.8) is 0 Å². The Hall–Kier alpha value is -0.780. The van der Waals surface area contributed by atoms with E-state index in [0.717, 1.165) is 0 Å². The van der Waals surface area contributed by atoms with E-state index in [2.05, 4.69) is 0 Å². The maximum Gasteiger partial charge on any atom is 0.184 e. The molecule has 0 aromatic heterocycles. The van der Waals surface area contributed by atoms with Gasteiger partial charge in [-0.3, -0.25) is 0 Å². The lowest BCUT2D eigenvalue weighted by Crippen LogP contribution is -2.50. The molecule has 2 fully saturated rings. The standard InChI is InChI=1S/C17H24FO7S/c18-10-3-1-9(2-4-10)17-24-6-11(20)16(25-17)13(22)8-26-7-12(21)15(23)14(26)5-19/h1-4,11-17,19-23H,5-8H2/q+1/t11-,12-,13-,14-,15+,16+,17?,26?/m1/s1. The molecule has 8 atom stereocenters. The first-order valence-electron chi connectivity index (χ1n) is 8.42. The lowest BCUT2D eigenvalue weighted by Gasteiger charge is -2.36. The topological polar surface area (TPSA) is 120 Å². The summed E-state index contributed by atoms with van der Waals surface area (Å²) in [6.07, 6.45) is -5.84. The third-order valence-corrected chi connectivity index (χ3v) is 7.58. The molecule has 2 saturated heterocycles. The molecule has 2 heterocycles. The van der Waals surface area contributed by atoms with Crippen molar-refractivity contribution < 1.29 is 39.4 Å². The molecule has 2 aliphatic heterocycles. The fraction of sp³-hybridized carbons (Fsp3) is 0.647. The Balaban J connectivity index is 1.65. The molecule has 0 saturated carbocycles. The lowest BCUT2D eigenvalue weighted by molar-refractivity contribution is -0.273. The molecule has 0 bridgehead atoms. The van der Waals surface area contributed by atoms with E-state index in [1.54, 1.807) is 0 Å². The van der Waals surface area contributed by atoms with Gasteiger partial charge in [0.2, 0.25) is 0 Å². The molecule has 0 aliphatic carbocycles. The predicted molar refractivity (Wildman–Crippen MR) is 92.0 cm³/mol. The quantitative estimate of drug-likeness (QED) is 0.395. The molecule has 0 radical (unpaired) electrons. The molecule has 146 valence electrons. The van der Waals surface area contributed by atoms with Gasteiger partial charge in [0, 0.05) is 16.5 Å². The molecule has 1 aromatic carbocycles. The second-order valence-electron chi connectivity index (χ2n) is 6.60. The van der Waals surface area contributed by atoms with Gasteiger partial charge in [-0.1, -0.05) is 12.1 Å². The third kappa shape index (κ3) is 4.20. The largest absolute Gasteiger partial charge is 0.391 e. The zero-order chi connectivity index (χ0) is 18.8. The van der Waals surface area contributed by atoms with E-state index < -0.39 is 58.8 Å². The minimum atomic E-state index is -1.06. The van der Waals surface area contributed by atoms with Crippen LogP contribution in [0.5, 0.6) is 0 Å². The monoisotopic (exact) mass is 391 g/mol. The van der Waals surface area contributed by atoms with Crippen LogP contribution in [0.15, 0.2) is 24.3 Å². The van der Waals surface area contributed by atoms with Crippen LogP contribution in [0, 0.1) is 5.82 Å².